The molecule has 1 heterocycles. The first-order valence-corrected chi connectivity index (χ1v) is 5.07. The predicted octanol–water partition coefficient (Wildman–Crippen LogP) is 3.13. The maximum absolute atomic E-state index is 13.3. The Hall–Kier alpha value is -0.690. The minimum Gasteiger partial charge on any atom is -0.412 e. The fourth-order valence-corrected chi connectivity index (χ4v) is 1.46. The molecule has 2 aromatic rings. The van der Waals surface area contributed by atoms with E-state index in [1.54, 1.807) is 0 Å². The van der Waals surface area contributed by atoms with Gasteiger partial charge in [-0.2, -0.15) is 0 Å². The Morgan fingerprint density at radius 2 is 2.14 bits per heavy atom. The molecule has 0 N–H and O–H groups in total. The first kappa shape index (κ1) is 9.85. The molecule has 0 atom stereocenters. The lowest BCUT2D eigenvalue weighted by Gasteiger charge is -1.97. The monoisotopic (exact) mass is 324 g/mol. The van der Waals surface area contributed by atoms with E-state index in [2.05, 4.69) is 10.2 Å². The zero-order chi connectivity index (χ0) is 10.1. The molecule has 0 aliphatic heterocycles. The van der Waals surface area contributed by atoms with Crippen molar-refractivity contribution in [2.24, 2.45) is 0 Å². The molecule has 2 rings (SSSR count). The summed E-state index contributed by atoms with van der Waals surface area (Å²) in [5.74, 6) is -0.302. The molecule has 1 aromatic carbocycles. The Balaban J connectivity index is 2.55. The van der Waals surface area contributed by atoms with Crippen LogP contribution in [0, 0.1) is 9.71 Å². The van der Waals surface area contributed by atoms with Crippen LogP contribution in [0.5, 0.6) is 0 Å². The molecule has 0 saturated carbocycles. The van der Waals surface area contributed by atoms with Crippen molar-refractivity contribution < 1.29 is 8.81 Å². The lowest BCUT2D eigenvalue weighted by atomic mass is 10.2. The van der Waals surface area contributed by atoms with Crippen LogP contribution in [0.2, 0.25) is 5.02 Å². The highest BCUT2D eigenvalue weighted by Crippen LogP contribution is 2.24. The third-order valence-corrected chi connectivity index (χ3v) is 2.23. The third kappa shape index (κ3) is 1.88. The minimum absolute atomic E-state index is 0.134. The van der Waals surface area contributed by atoms with Crippen molar-refractivity contribution in [3.05, 3.63) is 32.9 Å². The molecule has 0 aliphatic carbocycles. The van der Waals surface area contributed by atoms with Crippen molar-refractivity contribution >= 4 is 34.2 Å². The summed E-state index contributed by atoms with van der Waals surface area (Å²) in [6, 6.07) is 4.16. The normalized spacial score (nSPS) is 10.5. The third-order valence-electron chi connectivity index (χ3n) is 1.56. The Morgan fingerprint density at radius 3 is 2.79 bits per heavy atom. The van der Waals surface area contributed by atoms with Gasteiger partial charge in [0.25, 0.3) is 9.79 Å². The first-order valence-electron chi connectivity index (χ1n) is 3.61. The molecule has 0 spiro atoms. The number of benzene rings is 1. The Morgan fingerprint density at radius 1 is 1.36 bits per heavy atom. The van der Waals surface area contributed by atoms with E-state index in [9.17, 15) is 4.39 Å². The van der Waals surface area contributed by atoms with Gasteiger partial charge in [0, 0.05) is 27.6 Å². The van der Waals surface area contributed by atoms with Crippen LogP contribution in [0.3, 0.4) is 0 Å². The van der Waals surface area contributed by atoms with Gasteiger partial charge >= 0.3 is 0 Å². The number of aromatic nitrogens is 2. The van der Waals surface area contributed by atoms with Crippen LogP contribution in [0.15, 0.2) is 22.6 Å². The average Bonchev–Trinajstić information content (AvgIpc) is 2.56. The molecular formula is C8H3ClFIN2O. The highest BCUT2D eigenvalue weighted by molar-refractivity contribution is 14.1. The van der Waals surface area contributed by atoms with Gasteiger partial charge < -0.3 is 4.42 Å². The second-order valence-corrected chi connectivity index (χ2v) is 3.84. The SMILES string of the molecule is Fc1ccc(Cl)cc1-c1nnc(I)o1. The molecule has 0 aliphatic rings. The van der Waals surface area contributed by atoms with E-state index in [1.165, 1.54) is 18.2 Å². The van der Waals surface area contributed by atoms with Crippen molar-refractivity contribution in [1.29, 1.82) is 0 Å². The number of hydrogen-bond donors (Lipinski definition) is 0. The molecule has 0 saturated heterocycles. The van der Waals surface area contributed by atoms with Crippen LogP contribution in [0.25, 0.3) is 11.5 Å². The largest absolute Gasteiger partial charge is 0.412 e. The van der Waals surface area contributed by atoms with Crippen LogP contribution < -0.4 is 0 Å². The van der Waals surface area contributed by atoms with Crippen LogP contribution in [0.4, 0.5) is 4.39 Å². The van der Waals surface area contributed by atoms with Crippen LogP contribution in [-0.4, -0.2) is 10.2 Å². The molecule has 0 bridgehead atoms. The van der Waals surface area contributed by atoms with E-state index in [0.29, 0.717) is 8.92 Å². The maximum Gasteiger partial charge on any atom is 0.278 e. The predicted molar refractivity (Wildman–Crippen MR) is 57.4 cm³/mol. The lowest BCUT2D eigenvalue weighted by molar-refractivity contribution is 0.530. The van der Waals surface area contributed by atoms with E-state index >= 15 is 0 Å². The Kier molecular flexibility index (Phi) is 2.69. The summed E-state index contributed by atoms with van der Waals surface area (Å²) in [5.41, 5.74) is 0.216. The highest BCUT2D eigenvalue weighted by Gasteiger charge is 2.12. The fourth-order valence-electron chi connectivity index (χ4n) is 0.976. The van der Waals surface area contributed by atoms with Gasteiger partial charge in [0.15, 0.2) is 0 Å². The van der Waals surface area contributed by atoms with E-state index in [0.717, 1.165) is 0 Å². The van der Waals surface area contributed by atoms with Crippen LogP contribution >= 0.6 is 34.2 Å². The zero-order valence-corrected chi connectivity index (χ0v) is 9.58. The van der Waals surface area contributed by atoms with Gasteiger partial charge in [0.2, 0.25) is 0 Å². The van der Waals surface area contributed by atoms with Gasteiger partial charge in [-0.15, -0.1) is 10.2 Å². The van der Waals surface area contributed by atoms with E-state index in [-0.39, 0.29) is 11.5 Å². The lowest BCUT2D eigenvalue weighted by Crippen LogP contribution is -1.84. The van der Waals surface area contributed by atoms with Crippen molar-refractivity contribution in [2.75, 3.05) is 0 Å². The Labute approximate surface area is 97.4 Å². The molecular weight excluding hydrogens is 321 g/mol. The topological polar surface area (TPSA) is 38.9 Å². The molecule has 1 aromatic heterocycles. The van der Waals surface area contributed by atoms with E-state index < -0.39 is 5.82 Å². The van der Waals surface area contributed by atoms with E-state index in [1.807, 2.05) is 22.6 Å². The molecule has 14 heavy (non-hydrogen) atoms. The number of hydrogen-bond acceptors (Lipinski definition) is 3. The number of halogens is 3. The van der Waals surface area contributed by atoms with Crippen molar-refractivity contribution in [3.63, 3.8) is 0 Å². The summed E-state index contributed by atoms with van der Waals surface area (Å²) >= 11 is 7.57. The van der Waals surface area contributed by atoms with Gasteiger partial charge in [-0.3, -0.25) is 0 Å². The molecule has 0 radical (unpaired) electrons. The zero-order valence-electron chi connectivity index (χ0n) is 6.67. The second-order valence-electron chi connectivity index (χ2n) is 2.48. The summed E-state index contributed by atoms with van der Waals surface area (Å²) < 4.78 is 18.7. The maximum atomic E-state index is 13.3. The van der Waals surface area contributed by atoms with Crippen molar-refractivity contribution in [2.45, 2.75) is 0 Å². The smallest absolute Gasteiger partial charge is 0.278 e. The summed E-state index contributed by atoms with van der Waals surface area (Å²) in [6.07, 6.45) is 0. The highest BCUT2D eigenvalue weighted by atomic mass is 127. The summed E-state index contributed by atoms with van der Waals surface area (Å²) in [5, 5.41) is 7.71. The molecule has 3 nitrogen and oxygen atoms in total. The standard InChI is InChI=1S/C8H3ClFIN2O/c9-4-1-2-6(10)5(3-4)7-12-13-8(11)14-7/h1-3H. The van der Waals surface area contributed by atoms with Gasteiger partial charge in [-0.05, 0) is 18.2 Å². The minimum atomic E-state index is -0.436. The van der Waals surface area contributed by atoms with E-state index in [4.69, 9.17) is 16.0 Å². The average molecular weight is 324 g/mol. The quantitative estimate of drug-likeness (QED) is 0.757. The molecule has 0 unspecified atom stereocenters. The van der Waals surface area contributed by atoms with Gasteiger partial charge in [0.1, 0.15) is 5.82 Å². The summed E-state index contributed by atoms with van der Waals surface area (Å²) in [7, 11) is 0. The van der Waals surface area contributed by atoms with Gasteiger partial charge in [-0.25, -0.2) is 4.39 Å². The number of nitrogens with zero attached hydrogens (tertiary/aromatic N) is 2. The summed E-state index contributed by atoms with van der Waals surface area (Å²) in [4.78, 5) is 0. The first-order chi connectivity index (χ1) is 6.66. The van der Waals surface area contributed by atoms with Crippen LogP contribution in [0.1, 0.15) is 0 Å². The Bertz CT molecular complexity index is 474. The fraction of sp³-hybridized carbons (Fsp3) is 0. The van der Waals surface area contributed by atoms with Gasteiger partial charge in [0.05, 0.1) is 5.56 Å². The van der Waals surface area contributed by atoms with Crippen LogP contribution in [-0.2, 0) is 0 Å². The summed E-state index contributed by atoms with van der Waals surface area (Å²) in [6.45, 7) is 0. The van der Waals surface area contributed by atoms with Crippen molar-refractivity contribution in [3.8, 4) is 11.5 Å². The van der Waals surface area contributed by atoms with Gasteiger partial charge in [-0.1, -0.05) is 11.6 Å². The van der Waals surface area contributed by atoms with Crippen molar-refractivity contribution in [1.82, 2.24) is 10.2 Å². The molecule has 0 fully saturated rings. The molecule has 72 valence electrons. The second kappa shape index (κ2) is 3.82. The molecule has 0 amide bonds. The number of rotatable bonds is 1. The molecule has 6 heteroatoms.